The van der Waals surface area contributed by atoms with E-state index in [4.69, 9.17) is 0 Å². The van der Waals surface area contributed by atoms with E-state index in [1.807, 2.05) is 25.9 Å². The van der Waals surface area contributed by atoms with E-state index in [-0.39, 0.29) is 0 Å². The van der Waals surface area contributed by atoms with Gasteiger partial charge in [-0.1, -0.05) is 19.8 Å². The Morgan fingerprint density at radius 2 is 1.62 bits per heavy atom. The summed E-state index contributed by atoms with van der Waals surface area (Å²) in [6, 6.07) is 0. The van der Waals surface area contributed by atoms with Crippen molar-refractivity contribution >= 4 is 17.8 Å². The van der Waals surface area contributed by atoms with Crippen molar-refractivity contribution in [1.29, 1.82) is 0 Å². The molecule has 6 heteroatoms. The van der Waals surface area contributed by atoms with Crippen LogP contribution in [0.25, 0.3) is 0 Å². The summed E-state index contributed by atoms with van der Waals surface area (Å²) in [6.45, 7) is 6.08. The topological polar surface area (TPSA) is 66.0 Å². The van der Waals surface area contributed by atoms with Gasteiger partial charge in [0.1, 0.15) is 0 Å². The van der Waals surface area contributed by atoms with E-state index >= 15 is 0 Å². The quantitative estimate of drug-likeness (QED) is 0.805. The lowest BCUT2D eigenvalue weighted by molar-refractivity contribution is 0.306. The third kappa shape index (κ3) is 3.95. The number of nitrogens with one attached hydrogen (secondary N) is 2. The van der Waals surface area contributed by atoms with Gasteiger partial charge >= 0.3 is 0 Å². The van der Waals surface area contributed by atoms with Crippen LogP contribution in [-0.2, 0) is 0 Å². The molecule has 0 bridgehead atoms. The molecular weight excluding hydrogens is 264 g/mol. The first kappa shape index (κ1) is 15.8. The molecule has 1 aromatic rings. The van der Waals surface area contributed by atoms with Crippen LogP contribution in [0.3, 0.4) is 0 Å². The van der Waals surface area contributed by atoms with Crippen molar-refractivity contribution in [3.05, 3.63) is 0 Å². The second kappa shape index (κ2) is 6.91. The first-order chi connectivity index (χ1) is 10.1. The molecule has 1 fully saturated rings. The van der Waals surface area contributed by atoms with E-state index < -0.39 is 0 Å². The predicted octanol–water partition coefficient (Wildman–Crippen LogP) is 2.75. The van der Waals surface area contributed by atoms with Crippen LogP contribution >= 0.6 is 0 Å². The molecule has 1 aliphatic carbocycles. The molecule has 6 nitrogen and oxygen atoms in total. The predicted molar refractivity (Wildman–Crippen MR) is 88.0 cm³/mol. The largest absolute Gasteiger partial charge is 0.354 e. The summed E-state index contributed by atoms with van der Waals surface area (Å²) >= 11 is 0. The van der Waals surface area contributed by atoms with Gasteiger partial charge in [0.05, 0.1) is 0 Å². The first-order valence-corrected chi connectivity index (χ1v) is 8.00. The van der Waals surface area contributed by atoms with Gasteiger partial charge in [-0.15, -0.1) is 0 Å². The van der Waals surface area contributed by atoms with Gasteiger partial charge in [0.25, 0.3) is 0 Å². The summed E-state index contributed by atoms with van der Waals surface area (Å²) in [7, 11) is 3.89. The number of rotatable bonds is 7. The van der Waals surface area contributed by atoms with Crippen LogP contribution in [0.1, 0.15) is 46.0 Å². The minimum atomic E-state index is 0.420. The van der Waals surface area contributed by atoms with Crippen molar-refractivity contribution in [2.75, 3.05) is 42.7 Å². The molecule has 1 heterocycles. The van der Waals surface area contributed by atoms with E-state index in [2.05, 4.69) is 32.5 Å². The lowest BCUT2D eigenvalue weighted by Gasteiger charge is -2.27. The van der Waals surface area contributed by atoms with E-state index in [0.29, 0.717) is 23.3 Å². The second-order valence-electron chi connectivity index (χ2n) is 6.12. The zero-order chi connectivity index (χ0) is 15.3. The van der Waals surface area contributed by atoms with Crippen molar-refractivity contribution in [2.45, 2.75) is 46.0 Å². The van der Waals surface area contributed by atoms with Crippen LogP contribution in [-0.4, -0.2) is 42.1 Å². The van der Waals surface area contributed by atoms with Crippen molar-refractivity contribution in [3.63, 3.8) is 0 Å². The maximum Gasteiger partial charge on any atom is 0.231 e. The molecule has 0 radical (unpaired) electrons. The Hall–Kier alpha value is -1.59. The highest BCUT2D eigenvalue weighted by Gasteiger charge is 2.31. The Bertz CT molecular complexity index is 453. The molecule has 1 saturated carbocycles. The Kier molecular flexibility index (Phi) is 5.20. The molecule has 2 N–H and O–H groups in total. The molecule has 0 spiro atoms. The molecule has 0 unspecified atom stereocenters. The molecular formula is C15H28N6. The molecule has 21 heavy (non-hydrogen) atoms. The molecule has 0 saturated heterocycles. The molecule has 0 aromatic carbocycles. The van der Waals surface area contributed by atoms with E-state index in [1.54, 1.807) is 0 Å². The third-order valence-corrected chi connectivity index (χ3v) is 4.39. The number of aromatic nitrogens is 3. The van der Waals surface area contributed by atoms with E-state index in [9.17, 15) is 0 Å². The lowest BCUT2D eigenvalue weighted by atomic mass is 9.83. The fourth-order valence-corrected chi connectivity index (χ4v) is 2.93. The van der Waals surface area contributed by atoms with Gasteiger partial charge < -0.3 is 15.5 Å². The minimum absolute atomic E-state index is 0.420. The smallest absolute Gasteiger partial charge is 0.231 e. The zero-order valence-electron chi connectivity index (χ0n) is 13.7. The van der Waals surface area contributed by atoms with Gasteiger partial charge in [-0.2, -0.15) is 15.0 Å². The summed E-state index contributed by atoms with van der Waals surface area (Å²) in [6.07, 6.45) is 6.52. The highest BCUT2D eigenvalue weighted by atomic mass is 15.3. The fourth-order valence-electron chi connectivity index (χ4n) is 2.93. The third-order valence-electron chi connectivity index (χ3n) is 4.39. The van der Waals surface area contributed by atoms with Crippen molar-refractivity contribution in [1.82, 2.24) is 15.0 Å². The average molecular weight is 292 g/mol. The Morgan fingerprint density at radius 3 is 2.14 bits per heavy atom. The van der Waals surface area contributed by atoms with Crippen LogP contribution in [0, 0.1) is 5.41 Å². The maximum atomic E-state index is 4.49. The zero-order valence-corrected chi connectivity index (χ0v) is 13.7. The van der Waals surface area contributed by atoms with Gasteiger partial charge in [-0.3, -0.25) is 0 Å². The molecule has 1 aliphatic rings. The number of nitrogens with zero attached hydrogens (tertiary/aromatic N) is 4. The van der Waals surface area contributed by atoms with Gasteiger partial charge in [0, 0.05) is 27.2 Å². The standard InChI is InChI=1S/C15H28N6/c1-5-15(9-7-8-10-15)11-17-13-18-12(16-6-2)19-14(20-13)21(3)4/h5-11H2,1-4H3,(H2,16,17,18,19,20). The van der Waals surface area contributed by atoms with Gasteiger partial charge in [-0.05, 0) is 31.6 Å². The molecule has 1 aromatic heterocycles. The summed E-state index contributed by atoms with van der Waals surface area (Å²) in [5.41, 5.74) is 0.420. The monoisotopic (exact) mass is 292 g/mol. The Labute approximate surface area is 127 Å². The van der Waals surface area contributed by atoms with Crippen LogP contribution in [0.5, 0.6) is 0 Å². The summed E-state index contributed by atoms with van der Waals surface area (Å²) in [5, 5.41) is 6.61. The van der Waals surface area contributed by atoms with Gasteiger partial charge in [0.15, 0.2) is 0 Å². The number of anilines is 3. The lowest BCUT2D eigenvalue weighted by Crippen LogP contribution is -2.27. The number of hydrogen-bond acceptors (Lipinski definition) is 6. The molecule has 0 amide bonds. The summed E-state index contributed by atoms with van der Waals surface area (Å²) in [4.78, 5) is 15.2. The molecule has 2 rings (SSSR count). The maximum absolute atomic E-state index is 4.49. The molecule has 0 aliphatic heterocycles. The van der Waals surface area contributed by atoms with Crippen LogP contribution in [0.4, 0.5) is 17.8 Å². The number of hydrogen-bond donors (Lipinski definition) is 2. The Morgan fingerprint density at radius 1 is 1.00 bits per heavy atom. The highest BCUT2D eigenvalue weighted by Crippen LogP contribution is 2.40. The van der Waals surface area contributed by atoms with Crippen LogP contribution in [0.15, 0.2) is 0 Å². The van der Waals surface area contributed by atoms with Crippen molar-refractivity contribution in [2.24, 2.45) is 5.41 Å². The first-order valence-electron chi connectivity index (χ1n) is 8.00. The van der Waals surface area contributed by atoms with Crippen LogP contribution < -0.4 is 15.5 Å². The molecule has 118 valence electrons. The normalized spacial score (nSPS) is 16.8. The van der Waals surface area contributed by atoms with Crippen molar-refractivity contribution in [3.8, 4) is 0 Å². The molecule has 0 atom stereocenters. The average Bonchev–Trinajstić information content (AvgIpc) is 2.95. The fraction of sp³-hybridized carbons (Fsp3) is 0.800. The minimum Gasteiger partial charge on any atom is -0.354 e. The van der Waals surface area contributed by atoms with Gasteiger partial charge in [-0.25, -0.2) is 0 Å². The van der Waals surface area contributed by atoms with E-state index in [1.165, 1.54) is 32.1 Å². The van der Waals surface area contributed by atoms with Crippen molar-refractivity contribution < 1.29 is 0 Å². The Balaban J connectivity index is 2.11. The highest BCUT2D eigenvalue weighted by molar-refractivity contribution is 5.43. The second-order valence-corrected chi connectivity index (χ2v) is 6.12. The summed E-state index contributed by atoms with van der Waals surface area (Å²) in [5.74, 6) is 1.99. The van der Waals surface area contributed by atoms with E-state index in [0.717, 1.165) is 13.1 Å². The summed E-state index contributed by atoms with van der Waals surface area (Å²) < 4.78 is 0. The van der Waals surface area contributed by atoms with Gasteiger partial charge in [0.2, 0.25) is 17.8 Å². The SMILES string of the molecule is CCNc1nc(NCC2(CC)CCCC2)nc(N(C)C)n1. The van der Waals surface area contributed by atoms with Crippen LogP contribution in [0.2, 0.25) is 0 Å².